The number of sulfone groups is 1. The summed E-state index contributed by atoms with van der Waals surface area (Å²) in [7, 11) is -3.38. The van der Waals surface area contributed by atoms with Crippen molar-refractivity contribution in [1.29, 1.82) is 0 Å². The summed E-state index contributed by atoms with van der Waals surface area (Å²) >= 11 is 0. The molecule has 0 bridgehead atoms. The van der Waals surface area contributed by atoms with Gasteiger partial charge in [0.15, 0.2) is 9.84 Å². The zero-order valence-electron chi connectivity index (χ0n) is 14.7. The first-order valence-electron chi connectivity index (χ1n) is 8.47. The lowest BCUT2D eigenvalue weighted by atomic mass is 10.1. The minimum absolute atomic E-state index is 0.227. The Labute approximate surface area is 157 Å². The number of rotatable bonds is 3. The topological polar surface area (TPSA) is 79.7 Å². The molecule has 2 heterocycles. The molecular weight excluding hydrogens is 362 g/mol. The maximum atomic E-state index is 12.8. The Kier molecular flexibility index (Phi) is 4.24. The number of nitrogens with zero attached hydrogens (tertiary/aromatic N) is 3. The van der Waals surface area contributed by atoms with Crippen LogP contribution in [0.1, 0.15) is 22.3 Å². The van der Waals surface area contributed by atoms with Crippen molar-refractivity contribution >= 4 is 32.4 Å². The Morgan fingerprint density at radius 1 is 1.07 bits per heavy atom. The van der Waals surface area contributed by atoms with E-state index >= 15 is 0 Å². The van der Waals surface area contributed by atoms with Gasteiger partial charge in [-0.05, 0) is 18.2 Å². The second kappa shape index (κ2) is 6.59. The average molecular weight is 379 g/mol. The van der Waals surface area contributed by atoms with Crippen molar-refractivity contribution in [2.45, 2.75) is 11.3 Å². The van der Waals surface area contributed by atoms with Gasteiger partial charge in [0, 0.05) is 29.8 Å². The number of hydrogen-bond acceptors (Lipinski definition) is 5. The molecule has 0 saturated heterocycles. The van der Waals surface area contributed by atoms with Crippen LogP contribution in [0.2, 0.25) is 0 Å². The molecule has 6 nitrogen and oxygen atoms in total. The number of pyridine rings is 1. The maximum Gasteiger partial charge on any atom is 0.275 e. The lowest BCUT2D eigenvalue weighted by Crippen LogP contribution is -2.23. The highest BCUT2D eigenvalue weighted by atomic mass is 32.2. The zero-order valence-corrected chi connectivity index (χ0v) is 15.5. The predicted molar refractivity (Wildman–Crippen MR) is 103 cm³/mol. The van der Waals surface area contributed by atoms with Gasteiger partial charge < -0.3 is 0 Å². The van der Waals surface area contributed by atoms with E-state index in [9.17, 15) is 13.2 Å². The number of carbonyl (C=O) groups is 1. The van der Waals surface area contributed by atoms with Gasteiger partial charge in [0.1, 0.15) is 0 Å². The summed E-state index contributed by atoms with van der Waals surface area (Å²) in [6, 6.07) is 16.1. The molecule has 136 valence electrons. The fraction of sp³-hybridized carbons (Fsp3) is 0.150. The van der Waals surface area contributed by atoms with Crippen molar-refractivity contribution in [2.24, 2.45) is 5.10 Å². The second-order valence-corrected chi connectivity index (χ2v) is 8.39. The normalized spacial score (nSPS) is 14.4. The van der Waals surface area contributed by atoms with Gasteiger partial charge in [0.05, 0.1) is 28.2 Å². The Hall–Kier alpha value is -3.06. The van der Waals surface area contributed by atoms with E-state index in [-0.39, 0.29) is 10.8 Å². The van der Waals surface area contributed by atoms with Crippen molar-refractivity contribution in [2.75, 3.05) is 12.8 Å². The van der Waals surface area contributed by atoms with Crippen LogP contribution in [0.4, 0.5) is 0 Å². The Bertz CT molecular complexity index is 1190. The molecule has 7 heteroatoms. The van der Waals surface area contributed by atoms with E-state index in [0.29, 0.717) is 29.8 Å². The lowest BCUT2D eigenvalue weighted by Gasteiger charge is -2.11. The van der Waals surface area contributed by atoms with Crippen LogP contribution >= 0.6 is 0 Å². The van der Waals surface area contributed by atoms with Gasteiger partial charge in [-0.3, -0.25) is 9.78 Å². The van der Waals surface area contributed by atoms with Crippen molar-refractivity contribution < 1.29 is 13.2 Å². The van der Waals surface area contributed by atoms with E-state index in [1.54, 1.807) is 36.5 Å². The van der Waals surface area contributed by atoms with Crippen LogP contribution in [0, 0.1) is 0 Å². The van der Waals surface area contributed by atoms with Crippen LogP contribution < -0.4 is 0 Å². The number of aromatic nitrogens is 1. The molecule has 2 aromatic carbocycles. The Morgan fingerprint density at radius 2 is 1.81 bits per heavy atom. The van der Waals surface area contributed by atoms with Crippen LogP contribution in [-0.2, 0) is 9.84 Å². The van der Waals surface area contributed by atoms with Crippen molar-refractivity contribution in [1.82, 2.24) is 9.99 Å². The highest BCUT2D eigenvalue weighted by molar-refractivity contribution is 7.90. The number of benzene rings is 2. The van der Waals surface area contributed by atoms with Crippen LogP contribution in [0.15, 0.2) is 70.8 Å². The minimum Gasteiger partial charge on any atom is -0.267 e. The molecule has 0 radical (unpaired) electrons. The fourth-order valence-electron chi connectivity index (χ4n) is 3.16. The van der Waals surface area contributed by atoms with Gasteiger partial charge in [-0.25, -0.2) is 13.4 Å². The van der Waals surface area contributed by atoms with Crippen LogP contribution in [-0.4, -0.2) is 42.8 Å². The van der Waals surface area contributed by atoms with Crippen LogP contribution in [0.5, 0.6) is 0 Å². The van der Waals surface area contributed by atoms with E-state index in [4.69, 9.17) is 0 Å². The molecule has 1 aliphatic rings. The summed E-state index contributed by atoms with van der Waals surface area (Å²) in [5.41, 5.74) is 2.42. The summed E-state index contributed by atoms with van der Waals surface area (Å²) in [6.45, 7) is 0.402. The number of hydrazone groups is 1. The molecule has 1 aromatic heterocycles. The van der Waals surface area contributed by atoms with Crippen LogP contribution in [0.25, 0.3) is 10.9 Å². The molecule has 27 heavy (non-hydrogen) atoms. The highest BCUT2D eigenvalue weighted by Gasteiger charge is 2.26. The molecule has 0 saturated carbocycles. The lowest BCUT2D eigenvalue weighted by molar-refractivity contribution is 0.0778. The van der Waals surface area contributed by atoms with Gasteiger partial charge in [0.25, 0.3) is 5.91 Å². The smallest absolute Gasteiger partial charge is 0.267 e. The third kappa shape index (κ3) is 3.33. The Morgan fingerprint density at radius 3 is 2.63 bits per heavy atom. The van der Waals surface area contributed by atoms with Gasteiger partial charge in [-0.2, -0.15) is 5.10 Å². The van der Waals surface area contributed by atoms with E-state index in [2.05, 4.69) is 10.1 Å². The largest absolute Gasteiger partial charge is 0.275 e. The molecule has 0 unspecified atom stereocenters. The molecule has 4 rings (SSSR count). The number of amides is 1. The first-order valence-corrected chi connectivity index (χ1v) is 10.4. The highest BCUT2D eigenvalue weighted by Crippen LogP contribution is 2.23. The summed E-state index contributed by atoms with van der Waals surface area (Å²) in [5, 5.41) is 6.66. The first-order chi connectivity index (χ1) is 12.9. The van der Waals surface area contributed by atoms with E-state index in [1.165, 1.54) is 11.3 Å². The van der Waals surface area contributed by atoms with E-state index in [1.807, 2.05) is 24.3 Å². The zero-order chi connectivity index (χ0) is 19.0. The molecule has 0 fully saturated rings. The quantitative estimate of drug-likeness (QED) is 0.701. The second-order valence-electron chi connectivity index (χ2n) is 6.41. The summed E-state index contributed by atoms with van der Waals surface area (Å²) in [6.07, 6.45) is 3.22. The third-order valence-electron chi connectivity index (χ3n) is 4.47. The first kappa shape index (κ1) is 17.4. The molecular formula is C20H17N3O3S. The minimum atomic E-state index is -3.38. The molecule has 1 aliphatic heterocycles. The summed E-state index contributed by atoms with van der Waals surface area (Å²) in [5.74, 6) is -0.250. The van der Waals surface area contributed by atoms with Gasteiger partial charge in [-0.1, -0.05) is 36.4 Å². The van der Waals surface area contributed by atoms with Crippen molar-refractivity contribution in [3.63, 3.8) is 0 Å². The average Bonchev–Trinajstić information content (AvgIpc) is 3.16. The maximum absolute atomic E-state index is 12.8. The number of para-hydroxylation sites is 1. The molecule has 3 aromatic rings. The molecule has 0 spiro atoms. The Balaban J connectivity index is 1.67. The SMILES string of the molecule is CS(=O)(=O)c1ccccc1C1=NN(C(=O)c2cnc3ccccc3c2)CC1. The van der Waals surface area contributed by atoms with Crippen molar-refractivity contribution in [3.05, 3.63) is 71.9 Å². The fourth-order valence-corrected chi connectivity index (χ4v) is 4.07. The summed E-state index contributed by atoms with van der Waals surface area (Å²) in [4.78, 5) is 17.4. The molecule has 0 atom stereocenters. The number of hydrogen-bond donors (Lipinski definition) is 0. The van der Waals surface area contributed by atoms with Gasteiger partial charge in [0.2, 0.25) is 0 Å². The molecule has 1 amide bonds. The van der Waals surface area contributed by atoms with Crippen LogP contribution in [0.3, 0.4) is 0 Å². The van der Waals surface area contributed by atoms with Gasteiger partial charge in [-0.15, -0.1) is 0 Å². The standard InChI is InChI=1S/C20H17N3O3S/c1-27(25,26)19-9-5-3-7-16(19)18-10-11-23(22-18)20(24)15-12-14-6-2-4-8-17(14)21-13-15/h2-9,12-13H,10-11H2,1H3. The number of fused-ring (bicyclic) bond motifs is 1. The summed E-state index contributed by atoms with van der Waals surface area (Å²) < 4.78 is 24.1. The van der Waals surface area contributed by atoms with Crippen molar-refractivity contribution in [3.8, 4) is 0 Å². The number of carbonyl (C=O) groups excluding carboxylic acids is 1. The van der Waals surface area contributed by atoms with E-state index in [0.717, 1.165) is 10.9 Å². The predicted octanol–water partition coefficient (Wildman–Crippen LogP) is 2.89. The molecule has 0 N–H and O–H groups in total. The molecule has 0 aliphatic carbocycles. The monoisotopic (exact) mass is 379 g/mol. The van der Waals surface area contributed by atoms with Gasteiger partial charge >= 0.3 is 0 Å². The third-order valence-corrected chi connectivity index (χ3v) is 5.63. The van der Waals surface area contributed by atoms with E-state index < -0.39 is 9.84 Å².